The van der Waals surface area contributed by atoms with Gasteiger partial charge in [-0.2, -0.15) is 0 Å². The van der Waals surface area contributed by atoms with Crippen LogP contribution < -0.4 is 10.6 Å². The molecule has 0 aliphatic heterocycles. The minimum Gasteiger partial charge on any atom is -0.313 e. The summed E-state index contributed by atoms with van der Waals surface area (Å²) in [5, 5.41) is 10.1. The lowest BCUT2D eigenvalue weighted by Gasteiger charge is -2.18. The van der Waals surface area contributed by atoms with E-state index < -0.39 is 7.14 Å². The highest BCUT2D eigenvalue weighted by atomic mass is 31.2. The number of benzene rings is 2. The third-order valence-electron chi connectivity index (χ3n) is 4.38. The van der Waals surface area contributed by atoms with Crippen molar-refractivity contribution in [1.29, 1.82) is 0 Å². The molecule has 0 unspecified atom stereocenters. The highest BCUT2D eigenvalue weighted by molar-refractivity contribution is 7.78. The first kappa shape index (κ1) is 17.4. The molecule has 5 nitrogen and oxygen atoms in total. The molecule has 0 saturated heterocycles. The molecule has 0 saturated carbocycles. The topological polar surface area (TPSA) is 60.7 Å². The van der Waals surface area contributed by atoms with E-state index in [-0.39, 0.29) is 0 Å². The van der Waals surface area contributed by atoms with E-state index in [2.05, 4.69) is 15.3 Å². The average Bonchev–Trinajstić information content (AvgIpc) is 3.17. The van der Waals surface area contributed by atoms with Crippen molar-refractivity contribution in [2.75, 3.05) is 0 Å². The van der Waals surface area contributed by atoms with Crippen molar-refractivity contribution in [3.63, 3.8) is 0 Å². The molecule has 0 radical (unpaired) electrons. The second kappa shape index (κ2) is 7.29. The van der Waals surface area contributed by atoms with Gasteiger partial charge in [-0.1, -0.05) is 71.9 Å². The lowest BCUT2D eigenvalue weighted by molar-refractivity contribution is 0.586. The van der Waals surface area contributed by atoms with E-state index in [1.54, 1.807) is 10.9 Å². The van der Waals surface area contributed by atoms with Crippen LogP contribution in [0.3, 0.4) is 0 Å². The summed E-state index contributed by atoms with van der Waals surface area (Å²) in [7, 11) is -2.87. The van der Waals surface area contributed by atoms with Gasteiger partial charge in [-0.15, -0.1) is 5.10 Å². The molecular formula is C21H19N4OP. The number of hydrogen-bond donors (Lipinski definition) is 0. The van der Waals surface area contributed by atoms with Crippen molar-refractivity contribution in [3.8, 4) is 5.82 Å². The van der Waals surface area contributed by atoms with Gasteiger partial charge >= 0.3 is 0 Å². The van der Waals surface area contributed by atoms with Crippen LogP contribution in [0.2, 0.25) is 0 Å². The Morgan fingerprint density at radius 1 is 0.852 bits per heavy atom. The maximum atomic E-state index is 14.1. The molecule has 4 rings (SSSR count). The molecule has 4 aromatic rings. The Kier molecular flexibility index (Phi) is 4.69. The van der Waals surface area contributed by atoms with Gasteiger partial charge < -0.3 is 4.57 Å². The van der Waals surface area contributed by atoms with Crippen molar-refractivity contribution in [2.45, 2.75) is 13.1 Å². The minimum atomic E-state index is -2.87. The van der Waals surface area contributed by atoms with Crippen LogP contribution in [0.5, 0.6) is 0 Å². The Morgan fingerprint density at radius 3 is 2.07 bits per heavy atom. The lowest BCUT2D eigenvalue weighted by atomic mass is 10.4. The molecule has 0 amide bonds. The van der Waals surface area contributed by atoms with E-state index in [1.807, 2.05) is 85.8 Å². The van der Waals surface area contributed by atoms with E-state index in [0.717, 1.165) is 16.3 Å². The molecule has 27 heavy (non-hydrogen) atoms. The first-order valence-electron chi connectivity index (χ1n) is 8.71. The Labute approximate surface area is 158 Å². The Morgan fingerprint density at radius 2 is 1.48 bits per heavy atom. The molecule has 0 fully saturated rings. The number of pyridine rings is 1. The molecule has 0 N–H and O–H groups in total. The van der Waals surface area contributed by atoms with Gasteiger partial charge in [-0.25, -0.2) is 9.67 Å². The molecule has 6 heteroatoms. The molecule has 0 atom stereocenters. The number of hydrogen-bond acceptors (Lipinski definition) is 4. The van der Waals surface area contributed by atoms with Crippen LogP contribution in [-0.4, -0.2) is 20.0 Å². The zero-order valence-electron chi connectivity index (χ0n) is 14.9. The third-order valence-corrected chi connectivity index (χ3v) is 7.41. The van der Waals surface area contributed by atoms with Crippen LogP contribution in [0.25, 0.3) is 5.82 Å². The molecule has 0 aliphatic carbocycles. The normalized spacial score (nSPS) is 11.4. The van der Waals surface area contributed by atoms with E-state index in [0.29, 0.717) is 17.7 Å². The van der Waals surface area contributed by atoms with Crippen molar-refractivity contribution < 1.29 is 4.57 Å². The molecule has 0 spiro atoms. The van der Waals surface area contributed by atoms with Crippen molar-refractivity contribution in [1.82, 2.24) is 20.0 Å². The number of aromatic nitrogens is 4. The zero-order valence-corrected chi connectivity index (χ0v) is 15.8. The Bertz CT molecular complexity index is 1050. The molecule has 0 aliphatic rings. The van der Waals surface area contributed by atoms with Gasteiger partial charge in [-0.05, 0) is 19.1 Å². The third kappa shape index (κ3) is 3.60. The van der Waals surface area contributed by atoms with Crippen LogP contribution in [0, 0.1) is 6.92 Å². The first-order valence-corrected chi connectivity index (χ1v) is 10.6. The molecule has 134 valence electrons. The van der Waals surface area contributed by atoms with E-state index in [1.165, 1.54) is 0 Å². The van der Waals surface area contributed by atoms with Crippen LogP contribution in [-0.2, 0) is 10.7 Å². The fourth-order valence-corrected chi connectivity index (χ4v) is 5.61. The number of rotatable bonds is 5. The summed E-state index contributed by atoms with van der Waals surface area (Å²) in [5.41, 5.74) is 1.58. The molecule has 2 aromatic heterocycles. The Hall–Kier alpha value is -3.04. The summed E-state index contributed by atoms with van der Waals surface area (Å²) in [6.07, 6.45) is 2.12. The highest BCUT2D eigenvalue weighted by Gasteiger charge is 2.28. The standard InChI is InChI=1S/C21H19N4OP/c1-17-9-8-14-21(22-17)25-15-18(23-24-25)16-27(26,19-10-4-2-5-11-19)20-12-6-3-7-13-20/h2-15H,16H2,1H3. The van der Waals surface area contributed by atoms with Gasteiger partial charge in [0.2, 0.25) is 0 Å². The quantitative estimate of drug-likeness (QED) is 0.502. The maximum Gasteiger partial charge on any atom is 0.155 e. The van der Waals surface area contributed by atoms with Gasteiger partial charge in [0.1, 0.15) is 7.14 Å². The summed E-state index contributed by atoms with van der Waals surface area (Å²) >= 11 is 0. The van der Waals surface area contributed by atoms with Gasteiger partial charge in [0.25, 0.3) is 0 Å². The first-order chi connectivity index (χ1) is 13.1. The fraction of sp³-hybridized carbons (Fsp3) is 0.0952. The van der Waals surface area contributed by atoms with Crippen LogP contribution in [0.1, 0.15) is 11.4 Å². The summed E-state index contributed by atoms with van der Waals surface area (Å²) in [6.45, 7) is 1.93. The van der Waals surface area contributed by atoms with Gasteiger partial charge in [0, 0.05) is 16.3 Å². The fourth-order valence-electron chi connectivity index (χ4n) is 3.04. The van der Waals surface area contributed by atoms with Crippen molar-refractivity contribution >= 4 is 17.8 Å². The Balaban J connectivity index is 1.73. The summed E-state index contributed by atoms with van der Waals surface area (Å²) in [4.78, 5) is 4.46. The average molecular weight is 374 g/mol. The molecule has 2 aromatic carbocycles. The van der Waals surface area contributed by atoms with Gasteiger partial charge in [0.05, 0.1) is 18.1 Å². The number of aryl methyl sites for hydroxylation is 1. The second-order valence-corrected chi connectivity index (χ2v) is 9.19. The summed E-state index contributed by atoms with van der Waals surface area (Å²) < 4.78 is 15.7. The summed E-state index contributed by atoms with van der Waals surface area (Å²) in [6, 6.07) is 24.9. The van der Waals surface area contributed by atoms with Gasteiger partial charge in [0.15, 0.2) is 5.82 Å². The van der Waals surface area contributed by atoms with E-state index in [9.17, 15) is 4.57 Å². The highest BCUT2D eigenvalue weighted by Crippen LogP contribution is 2.46. The minimum absolute atomic E-state index is 0.312. The van der Waals surface area contributed by atoms with E-state index in [4.69, 9.17) is 0 Å². The lowest BCUT2D eigenvalue weighted by Crippen LogP contribution is -2.17. The second-order valence-electron chi connectivity index (χ2n) is 6.36. The zero-order chi connectivity index (χ0) is 18.7. The predicted molar refractivity (Wildman–Crippen MR) is 107 cm³/mol. The maximum absolute atomic E-state index is 14.1. The van der Waals surface area contributed by atoms with E-state index >= 15 is 0 Å². The largest absolute Gasteiger partial charge is 0.313 e. The van der Waals surface area contributed by atoms with Crippen LogP contribution in [0.4, 0.5) is 0 Å². The van der Waals surface area contributed by atoms with Gasteiger partial charge in [-0.3, -0.25) is 0 Å². The van der Waals surface area contributed by atoms with Crippen LogP contribution in [0.15, 0.2) is 85.1 Å². The smallest absolute Gasteiger partial charge is 0.155 e. The van der Waals surface area contributed by atoms with Crippen molar-refractivity contribution in [2.24, 2.45) is 0 Å². The van der Waals surface area contributed by atoms with Crippen LogP contribution >= 0.6 is 7.14 Å². The molecule has 2 heterocycles. The monoisotopic (exact) mass is 374 g/mol. The summed E-state index contributed by atoms with van der Waals surface area (Å²) in [5.74, 6) is 0.697. The molecule has 0 bridgehead atoms. The SMILES string of the molecule is Cc1cccc(-n2cc(CP(=O)(c3ccccc3)c3ccccc3)nn2)n1. The number of nitrogens with zero attached hydrogens (tertiary/aromatic N) is 4. The van der Waals surface area contributed by atoms with Crippen molar-refractivity contribution in [3.05, 3.63) is 96.4 Å². The predicted octanol–water partition coefficient (Wildman–Crippen LogP) is 3.48. The molecular weight excluding hydrogens is 355 g/mol.